The Morgan fingerprint density at radius 1 is 0.353 bits per heavy atom. The highest BCUT2D eigenvalue weighted by Crippen LogP contribution is 2.61. The Labute approximate surface area is 822 Å². The fourth-order valence-electron chi connectivity index (χ4n) is 18.2. The number of carboxylic acids is 1. The summed E-state index contributed by atoms with van der Waals surface area (Å²) in [6, 6.07) is 91.1. The second-order valence-electron chi connectivity index (χ2n) is 35.6. The molecule has 0 aliphatic heterocycles. The minimum atomic E-state index is -1.19. The lowest BCUT2D eigenvalue weighted by Crippen LogP contribution is -2.24. The Balaban J connectivity index is 0.000000219. The number of ether oxygens (including phenoxy) is 5. The Morgan fingerprint density at radius 2 is 0.669 bits per heavy atom. The largest absolute Gasteiger partial charge is 0.494 e. The van der Waals surface area contributed by atoms with Crippen molar-refractivity contribution in [3.8, 4) is 99.2 Å². The molecule has 1 aliphatic carbocycles. The van der Waals surface area contributed by atoms with E-state index in [2.05, 4.69) is 305 Å². The van der Waals surface area contributed by atoms with E-state index in [1.807, 2.05) is 23.5 Å². The van der Waals surface area contributed by atoms with E-state index in [-0.39, 0.29) is 16.7 Å². The Bertz CT molecular complexity index is 6160. The van der Waals surface area contributed by atoms with Gasteiger partial charge >= 0.3 is 5.97 Å². The van der Waals surface area contributed by atoms with Crippen LogP contribution in [0.25, 0.3) is 96.6 Å². The quantitative estimate of drug-likeness (QED) is 0.0127. The molecule has 136 heavy (non-hydrogen) atoms. The summed E-state index contributed by atoms with van der Waals surface area (Å²) in [5, 5.41) is 28.8. The molecule has 14 aromatic rings. The molecule has 5 aromatic heterocycles. The number of aryl methyl sites for hydroxylation is 1. The van der Waals surface area contributed by atoms with Crippen molar-refractivity contribution in [3.63, 3.8) is 0 Å². The third-order valence-corrected chi connectivity index (χ3v) is 30.6. The molecule has 0 radical (unpaired) electrons. The van der Waals surface area contributed by atoms with Crippen LogP contribution in [0.3, 0.4) is 0 Å². The highest BCUT2D eigenvalue weighted by Gasteiger charge is 2.45. The lowest BCUT2D eigenvalue weighted by molar-refractivity contribution is -0.132. The molecule has 13 nitrogen and oxygen atoms in total. The van der Waals surface area contributed by atoms with Crippen LogP contribution in [0, 0.1) is 22.7 Å². The summed E-state index contributed by atoms with van der Waals surface area (Å²) in [7, 11) is 0. The van der Waals surface area contributed by atoms with E-state index >= 15 is 0 Å². The maximum Gasteiger partial charge on any atom is 0.346 e. The van der Waals surface area contributed by atoms with Gasteiger partial charge in [0.2, 0.25) is 5.76 Å². The van der Waals surface area contributed by atoms with Gasteiger partial charge in [0, 0.05) is 81.4 Å². The number of hydrogen-bond donors (Lipinski definition) is 1. The SMILES string of the molecule is CCCCCCCCn1c2cc(/C=C(/C#N)OC=O)sc2c2sc(-c3ccc(N(c4ccc(-c5ccc(OCCCCCC)cc5)cc4)c4ccc(-c5ccc(OCCCCCC)cc5)cc4)cc3)cc21.CCCCCCOc1ccc(-c2ccc(N(c3ccc(OCCCCCC)cc3)c3ccc(-c4cc5c(s4)-c4sc(/C=C(/C#N)C(=O)O)cc4C5(CCCC)CCCC)cc3)cc2)cc1. The normalized spacial score (nSPS) is 12.1. The Kier molecular flexibility index (Phi) is 37.5. The van der Waals surface area contributed by atoms with Gasteiger partial charge in [-0.2, -0.15) is 10.5 Å². The number of anilines is 6. The lowest BCUT2D eigenvalue weighted by Gasteiger charge is -2.31. The molecular formula is C119H131N5O8S4. The number of aliphatic carboxylic acids is 1. The van der Waals surface area contributed by atoms with Crippen molar-refractivity contribution < 1.29 is 38.4 Å². The van der Waals surface area contributed by atoms with Gasteiger partial charge in [-0.15, -0.1) is 45.3 Å². The van der Waals surface area contributed by atoms with Crippen LogP contribution >= 0.6 is 45.3 Å². The van der Waals surface area contributed by atoms with E-state index in [1.54, 1.807) is 46.2 Å². The molecule has 17 heteroatoms. The molecule has 0 fully saturated rings. The zero-order valence-corrected chi connectivity index (χ0v) is 83.6. The predicted octanol–water partition coefficient (Wildman–Crippen LogP) is 35.9. The van der Waals surface area contributed by atoms with Crippen molar-refractivity contribution in [2.24, 2.45) is 0 Å². The Hall–Kier alpha value is -12.2. The first-order valence-electron chi connectivity index (χ1n) is 49.8. The zero-order valence-electron chi connectivity index (χ0n) is 80.3. The Morgan fingerprint density at radius 3 is 1.04 bits per heavy atom. The maximum absolute atomic E-state index is 11.8. The van der Waals surface area contributed by atoms with Crippen LogP contribution in [-0.2, 0) is 26.3 Å². The number of benzene rings is 9. The van der Waals surface area contributed by atoms with E-state index in [9.17, 15) is 25.2 Å². The number of hydrogen-bond acceptors (Lipinski definition) is 15. The molecule has 0 unspecified atom stereocenters. The van der Waals surface area contributed by atoms with Gasteiger partial charge in [0.05, 0.1) is 46.9 Å². The van der Waals surface area contributed by atoms with Gasteiger partial charge in [0.15, 0.2) is 0 Å². The topological polar surface area (TPSA) is 160 Å². The summed E-state index contributed by atoms with van der Waals surface area (Å²) in [4.78, 5) is 34.2. The summed E-state index contributed by atoms with van der Waals surface area (Å²) in [5.74, 6) is 2.42. The van der Waals surface area contributed by atoms with Crippen LogP contribution in [0.15, 0.2) is 254 Å². The minimum absolute atomic E-state index is 0.0108. The number of fused-ring (bicyclic) bond motifs is 6. The fourth-order valence-corrected chi connectivity index (χ4v) is 23.2. The van der Waals surface area contributed by atoms with Gasteiger partial charge < -0.3 is 43.2 Å². The van der Waals surface area contributed by atoms with Crippen LogP contribution < -0.4 is 28.7 Å². The molecule has 1 aliphatic rings. The molecule has 704 valence electrons. The van der Waals surface area contributed by atoms with Gasteiger partial charge in [-0.25, -0.2) is 4.79 Å². The van der Waals surface area contributed by atoms with Crippen LogP contribution in [0.4, 0.5) is 34.1 Å². The van der Waals surface area contributed by atoms with E-state index in [4.69, 9.17) is 23.7 Å². The molecule has 0 bridgehead atoms. The number of unbranched alkanes of at least 4 members (excludes halogenated alkanes) is 19. The number of nitriles is 2. The maximum atomic E-state index is 11.8. The second kappa shape index (κ2) is 51.1. The first kappa shape index (κ1) is 99.7. The van der Waals surface area contributed by atoms with Gasteiger partial charge in [-0.05, 0) is 252 Å². The smallest absolute Gasteiger partial charge is 0.346 e. The van der Waals surface area contributed by atoms with Crippen molar-refractivity contribution in [1.29, 1.82) is 10.5 Å². The number of aromatic nitrogens is 1. The molecule has 0 amide bonds. The predicted molar refractivity (Wildman–Crippen MR) is 573 cm³/mol. The monoisotopic (exact) mass is 1890 g/mol. The third kappa shape index (κ3) is 25.7. The molecule has 15 rings (SSSR count). The van der Waals surface area contributed by atoms with E-state index in [0.717, 1.165) is 215 Å². The van der Waals surface area contributed by atoms with Gasteiger partial charge in [0.25, 0.3) is 6.47 Å². The molecule has 0 saturated carbocycles. The van der Waals surface area contributed by atoms with E-state index in [1.165, 1.54) is 160 Å². The molecule has 5 heterocycles. The average Bonchev–Trinajstić information content (AvgIpc) is 1.54. The standard InChI is InChI=1S/C62H67N3O4S2.C57H64N2O4S2/c1-4-7-10-13-14-15-38-64-58-42-57(41-56(44-63)69-45-66)70-61(58)62-59(64)43-60(71-62)50-22-32-53(33-23-50)65(51-28-18-46(19-29-51)48-24-34-54(35-25-48)67-39-16-11-8-5-2)52-30-20-47(21-31-52)49-26-36-55(37-27-49)68-40-17-12-9-6-3;1-5-9-13-15-35-62-48-29-21-42(22-30-48)41-17-23-45(24-18-41)59(47-27-31-49(32-28-47)63-36-16-14-10-6-2)46-25-19-43(20-26-46)53-39-52-55(65-53)54-51(57(52,33-11-7-3)34-12-8-4)38-50(64-54)37-44(40-58)56(60)61/h18-37,41-43,45H,4-17,38-40H2,1-3H3;17-32,37-39H,5-16,33-36H2,1-4H3,(H,60,61)/b56-41-;44-37-. The number of carbonyl (C=O) groups is 2. The molecule has 9 aromatic carbocycles. The van der Waals surface area contributed by atoms with E-state index < -0.39 is 5.97 Å². The first-order chi connectivity index (χ1) is 66.8. The van der Waals surface area contributed by atoms with Crippen LogP contribution in [-0.4, -0.2) is 48.5 Å². The highest BCUT2D eigenvalue weighted by molar-refractivity contribution is 7.29. The number of carboxylic acid groups (broad SMARTS) is 1. The fraction of sp³-hybridized carbons (Fsp3) is 0.345. The van der Waals surface area contributed by atoms with Crippen molar-refractivity contribution >= 4 is 124 Å². The summed E-state index contributed by atoms with van der Waals surface area (Å²) < 4.78 is 34.1. The minimum Gasteiger partial charge on any atom is -0.494 e. The van der Waals surface area contributed by atoms with Crippen molar-refractivity contribution in [3.05, 3.63) is 275 Å². The van der Waals surface area contributed by atoms with Crippen molar-refractivity contribution in [2.75, 3.05) is 36.2 Å². The number of allylic oxidation sites excluding steroid dienone is 1. The van der Waals surface area contributed by atoms with Crippen LogP contribution in [0.5, 0.6) is 23.0 Å². The first-order valence-corrected chi connectivity index (χ1v) is 53.0. The summed E-state index contributed by atoms with van der Waals surface area (Å²) in [6.07, 6.45) is 36.0. The van der Waals surface area contributed by atoms with Crippen LogP contribution in [0.2, 0.25) is 0 Å². The number of thiophene rings is 4. The van der Waals surface area contributed by atoms with Gasteiger partial charge in [-0.1, -0.05) is 280 Å². The molecule has 0 saturated heterocycles. The molecule has 0 spiro atoms. The molecule has 1 N–H and O–H groups in total. The molecule has 0 atom stereocenters. The third-order valence-electron chi connectivity index (χ3n) is 25.7. The van der Waals surface area contributed by atoms with Crippen LogP contribution in [0.1, 0.15) is 249 Å². The molecular weight excluding hydrogens is 1760 g/mol. The van der Waals surface area contributed by atoms with E-state index in [0.29, 0.717) is 6.47 Å². The van der Waals surface area contributed by atoms with Gasteiger partial charge in [0.1, 0.15) is 40.7 Å². The summed E-state index contributed by atoms with van der Waals surface area (Å²) in [5.41, 5.74) is 20.3. The average molecular weight is 1890 g/mol. The number of nitrogens with zero attached hydrogens (tertiary/aromatic N) is 5. The van der Waals surface area contributed by atoms with Crippen molar-refractivity contribution in [1.82, 2.24) is 4.57 Å². The zero-order chi connectivity index (χ0) is 94.8. The number of rotatable bonds is 53. The number of carbonyl (C=O) groups excluding carboxylic acids is 1. The van der Waals surface area contributed by atoms with Gasteiger partial charge in [-0.3, -0.25) is 4.79 Å². The lowest BCUT2D eigenvalue weighted by atomic mass is 9.71. The summed E-state index contributed by atoms with van der Waals surface area (Å²) in [6.45, 7) is 19.9. The second-order valence-corrected chi connectivity index (χ2v) is 39.8. The van der Waals surface area contributed by atoms with Crippen molar-refractivity contribution in [2.45, 2.75) is 240 Å². The highest BCUT2D eigenvalue weighted by atomic mass is 32.1. The summed E-state index contributed by atoms with van der Waals surface area (Å²) >= 11 is 6.89.